The number of hydrogen-bond donors (Lipinski definition) is 0. The molecule has 2 heterocycles. The van der Waals surface area contributed by atoms with Gasteiger partial charge in [-0.25, -0.2) is 0 Å². The lowest BCUT2D eigenvalue weighted by atomic mass is 9.72. The van der Waals surface area contributed by atoms with E-state index in [4.69, 9.17) is 8.83 Å². The van der Waals surface area contributed by atoms with E-state index in [9.17, 15) is 0 Å². The average Bonchev–Trinajstić information content (AvgIpc) is 4.09. The largest absolute Gasteiger partial charge is 0.455 e. The molecule has 0 N–H and O–H groups in total. The third-order valence-corrected chi connectivity index (χ3v) is 16.3. The minimum atomic E-state index is -0.331. The van der Waals surface area contributed by atoms with Crippen molar-refractivity contribution in [1.82, 2.24) is 0 Å². The highest BCUT2D eigenvalue weighted by molar-refractivity contribution is 6.21. The molecule has 0 radical (unpaired) electrons. The normalized spacial score (nSPS) is 15.4. The number of nitrogens with zero attached hydrogens (tertiary/aromatic N) is 1. The van der Waals surface area contributed by atoms with Crippen LogP contribution in [-0.2, 0) is 16.2 Å². The van der Waals surface area contributed by atoms with Crippen LogP contribution in [0.1, 0.15) is 86.1 Å². The predicted octanol–water partition coefficient (Wildman–Crippen LogP) is 18.2. The van der Waals surface area contributed by atoms with Gasteiger partial charge >= 0.3 is 0 Å². The molecule has 0 spiro atoms. The van der Waals surface area contributed by atoms with Gasteiger partial charge in [-0.2, -0.15) is 0 Å². The summed E-state index contributed by atoms with van der Waals surface area (Å²) < 4.78 is 13.8. The zero-order chi connectivity index (χ0) is 46.2. The second-order valence-corrected chi connectivity index (χ2v) is 21.3. The van der Waals surface area contributed by atoms with Crippen LogP contribution in [0.3, 0.4) is 0 Å². The molecule has 0 atom stereocenters. The van der Waals surface area contributed by atoms with Gasteiger partial charge < -0.3 is 13.7 Å². The fourth-order valence-corrected chi connectivity index (χ4v) is 13.2. The highest BCUT2D eigenvalue weighted by Gasteiger charge is 2.49. The van der Waals surface area contributed by atoms with E-state index in [-0.39, 0.29) is 16.2 Å². The molecule has 3 aliphatic carbocycles. The van der Waals surface area contributed by atoms with E-state index in [1.54, 1.807) is 0 Å². The topological polar surface area (TPSA) is 29.5 Å². The van der Waals surface area contributed by atoms with Crippen molar-refractivity contribution in [3.05, 3.63) is 208 Å². The quantitative estimate of drug-likeness (QED) is 0.176. The Hall–Kier alpha value is -7.62. The second-order valence-electron chi connectivity index (χ2n) is 21.3. The van der Waals surface area contributed by atoms with E-state index < -0.39 is 0 Å². The van der Waals surface area contributed by atoms with Gasteiger partial charge in [-0.15, -0.1) is 0 Å². The Balaban J connectivity index is 0.994. The number of furan rings is 2. The molecule has 0 unspecified atom stereocenters. The Morgan fingerprint density at radius 1 is 0.397 bits per heavy atom. The van der Waals surface area contributed by atoms with Crippen molar-refractivity contribution in [1.29, 1.82) is 0 Å². The Morgan fingerprint density at radius 2 is 0.941 bits per heavy atom. The van der Waals surface area contributed by atoms with Gasteiger partial charge in [-0.05, 0) is 135 Å². The summed E-state index contributed by atoms with van der Waals surface area (Å²) >= 11 is 0. The van der Waals surface area contributed by atoms with Crippen LogP contribution in [0.4, 0.5) is 17.1 Å². The lowest BCUT2D eigenvalue weighted by molar-refractivity contribution is 0.600. The van der Waals surface area contributed by atoms with Crippen LogP contribution >= 0.6 is 0 Å². The summed E-state index contributed by atoms with van der Waals surface area (Å²) in [4.78, 5) is 2.51. The van der Waals surface area contributed by atoms with Crippen molar-refractivity contribution in [3.63, 3.8) is 0 Å². The van der Waals surface area contributed by atoms with Crippen LogP contribution in [-0.4, -0.2) is 0 Å². The highest BCUT2D eigenvalue weighted by Crippen LogP contribution is 2.64. The van der Waals surface area contributed by atoms with Gasteiger partial charge in [0.05, 0.1) is 0 Å². The molecule has 3 nitrogen and oxygen atoms in total. The molecule has 3 aliphatic rings. The molecule has 68 heavy (non-hydrogen) atoms. The van der Waals surface area contributed by atoms with Crippen molar-refractivity contribution < 1.29 is 8.83 Å². The maximum Gasteiger partial charge on any atom is 0.144 e. The minimum absolute atomic E-state index is 0.208. The summed E-state index contributed by atoms with van der Waals surface area (Å²) in [6.07, 6.45) is 0. The summed E-state index contributed by atoms with van der Waals surface area (Å²) in [7, 11) is 0. The van der Waals surface area contributed by atoms with Gasteiger partial charge in [0.1, 0.15) is 22.3 Å². The SMILES string of the molecule is Cc1ccc(N(c2ccc3c(c2)C(C)(C)c2cc(-c4ccccc4)c4oc5ccccc5c4c2-3)c2ccc3c(c2)C(C)(C)c2c4c(c5c(oc6ccccc65)c2-3)-c2ccccc2C4(C)C)c(C)c1. The van der Waals surface area contributed by atoms with Gasteiger partial charge in [0.2, 0.25) is 0 Å². The monoisotopic (exact) mass is 877 g/mol. The van der Waals surface area contributed by atoms with Crippen LogP contribution in [0.15, 0.2) is 173 Å². The van der Waals surface area contributed by atoms with Crippen LogP contribution < -0.4 is 4.90 Å². The van der Waals surface area contributed by atoms with Crippen LogP contribution in [0.5, 0.6) is 0 Å². The average molecular weight is 878 g/mol. The van der Waals surface area contributed by atoms with Gasteiger partial charge in [0.15, 0.2) is 0 Å². The van der Waals surface area contributed by atoms with Crippen molar-refractivity contribution in [2.75, 3.05) is 4.90 Å². The minimum Gasteiger partial charge on any atom is -0.455 e. The van der Waals surface area contributed by atoms with E-state index in [0.717, 1.165) is 50.2 Å². The third kappa shape index (κ3) is 4.98. The lowest BCUT2D eigenvalue weighted by Crippen LogP contribution is -2.24. The first-order chi connectivity index (χ1) is 32.8. The number of benzene rings is 9. The number of aryl methyl sites for hydroxylation is 2. The van der Waals surface area contributed by atoms with Gasteiger partial charge in [-0.3, -0.25) is 0 Å². The maximum atomic E-state index is 7.05. The number of anilines is 3. The Bertz CT molecular complexity index is 4020. The first-order valence-corrected chi connectivity index (χ1v) is 24.2. The summed E-state index contributed by atoms with van der Waals surface area (Å²) in [5, 5.41) is 4.76. The van der Waals surface area contributed by atoms with Crippen LogP contribution in [0.2, 0.25) is 0 Å². The van der Waals surface area contributed by atoms with Gasteiger partial charge in [0, 0.05) is 66.0 Å². The summed E-state index contributed by atoms with van der Waals surface area (Å²) in [6.45, 7) is 19.0. The van der Waals surface area contributed by atoms with Crippen LogP contribution in [0.25, 0.3) is 88.4 Å². The van der Waals surface area contributed by atoms with E-state index in [1.807, 2.05) is 0 Å². The van der Waals surface area contributed by atoms with E-state index in [0.29, 0.717) is 0 Å². The molecule has 0 amide bonds. The molecule has 0 saturated carbocycles. The molecule has 9 aromatic carbocycles. The van der Waals surface area contributed by atoms with Crippen molar-refractivity contribution in [2.45, 2.75) is 71.6 Å². The first kappa shape index (κ1) is 39.5. The molecule has 0 saturated heterocycles. The molecule has 3 heteroatoms. The van der Waals surface area contributed by atoms with Crippen molar-refractivity contribution in [2.24, 2.45) is 0 Å². The Morgan fingerprint density at radius 3 is 1.63 bits per heavy atom. The summed E-state index contributed by atoms with van der Waals surface area (Å²) in [6, 6.07) is 60.6. The van der Waals surface area contributed by atoms with E-state index in [1.165, 1.54) is 99.7 Å². The zero-order valence-corrected chi connectivity index (χ0v) is 39.9. The maximum absolute atomic E-state index is 7.05. The summed E-state index contributed by atoms with van der Waals surface area (Å²) in [5.74, 6) is 0. The Kier molecular flexibility index (Phi) is 7.73. The highest BCUT2D eigenvalue weighted by atomic mass is 16.3. The van der Waals surface area contributed by atoms with Gasteiger partial charge in [0.25, 0.3) is 0 Å². The third-order valence-electron chi connectivity index (χ3n) is 16.3. The number of para-hydroxylation sites is 2. The van der Waals surface area contributed by atoms with Crippen molar-refractivity contribution in [3.8, 4) is 44.5 Å². The molecular formula is C65H51NO2. The fourth-order valence-electron chi connectivity index (χ4n) is 13.2. The molecule has 14 rings (SSSR count). The van der Waals surface area contributed by atoms with E-state index in [2.05, 4.69) is 224 Å². The molecule has 11 aromatic rings. The van der Waals surface area contributed by atoms with Crippen molar-refractivity contribution >= 4 is 60.9 Å². The molecule has 328 valence electrons. The van der Waals surface area contributed by atoms with Gasteiger partial charge in [-0.1, -0.05) is 162 Å². The number of rotatable bonds is 4. The number of hydrogen-bond acceptors (Lipinski definition) is 3. The number of fused-ring (bicyclic) bond motifs is 19. The van der Waals surface area contributed by atoms with E-state index >= 15 is 0 Å². The zero-order valence-electron chi connectivity index (χ0n) is 39.9. The molecular weight excluding hydrogens is 827 g/mol. The smallest absolute Gasteiger partial charge is 0.144 e. The predicted molar refractivity (Wildman–Crippen MR) is 283 cm³/mol. The van der Waals surface area contributed by atoms with Crippen LogP contribution in [0, 0.1) is 13.8 Å². The molecule has 0 bridgehead atoms. The molecule has 0 fully saturated rings. The molecule has 0 aliphatic heterocycles. The first-order valence-electron chi connectivity index (χ1n) is 24.2. The Labute approximate surface area is 397 Å². The second kappa shape index (κ2) is 13.3. The summed E-state index contributed by atoms with van der Waals surface area (Å²) in [5.41, 5.74) is 27.0. The lowest BCUT2D eigenvalue weighted by Gasteiger charge is -2.32. The standard InChI is InChI=1S/C65H51NO2/c1-36-26-31-51(37(2)32-36)66(39-27-29-42-48(33-39)63(3,4)50-35-46(38-18-10-9-11-19-38)61-56(54(42)50)44-21-13-16-24-52(44)67-61)40-28-30-43-49(34-40)65(7,8)60-58(43)62-57(45-22-14-17-25-53(45)68-62)55-41-20-12-15-23-47(41)64(5,6)59(55)60/h9-35H,1-8H3. The fraction of sp³-hybridized carbons (Fsp3) is 0.169. The molecule has 2 aromatic heterocycles.